The van der Waals surface area contributed by atoms with Gasteiger partial charge in [-0.25, -0.2) is 0 Å². The van der Waals surface area contributed by atoms with Crippen molar-refractivity contribution >= 4 is 0 Å². The Hall–Kier alpha value is -1.84. The van der Waals surface area contributed by atoms with Crippen molar-refractivity contribution in [2.45, 2.75) is 24.9 Å². The Morgan fingerprint density at radius 2 is 2.00 bits per heavy atom. The highest BCUT2D eigenvalue weighted by molar-refractivity contribution is 5.44. The van der Waals surface area contributed by atoms with Crippen molar-refractivity contribution in [1.29, 1.82) is 0 Å². The molecule has 0 radical (unpaired) electrons. The fraction of sp³-hybridized carbons (Fsp3) is 0.333. The topological polar surface area (TPSA) is 41.5 Å². The Labute approximate surface area is 125 Å². The second-order valence-electron chi connectivity index (χ2n) is 5.60. The number of ether oxygens (including phenoxy) is 1. The largest absolute Gasteiger partial charge is 0.497 e. The summed E-state index contributed by atoms with van der Waals surface area (Å²) >= 11 is 0. The van der Waals surface area contributed by atoms with Gasteiger partial charge in [0.25, 0.3) is 0 Å². The normalized spacial score (nSPS) is 20.3. The molecule has 1 unspecified atom stereocenters. The zero-order valence-electron chi connectivity index (χ0n) is 12.3. The Balaban J connectivity index is 1.86. The summed E-state index contributed by atoms with van der Waals surface area (Å²) in [7, 11) is 1.68. The molecule has 3 rings (SSSR count). The van der Waals surface area contributed by atoms with E-state index < -0.39 is 0 Å². The number of rotatable bonds is 5. The Kier molecular flexibility index (Phi) is 3.95. The summed E-state index contributed by atoms with van der Waals surface area (Å²) < 4.78 is 5.33. The van der Waals surface area contributed by atoms with Crippen LogP contribution in [0.3, 0.4) is 0 Å². The highest BCUT2D eigenvalue weighted by Crippen LogP contribution is 2.38. The molecule has 3 heteroatoms. The molecule has 0 saturated heterocycles. The van der Waals surface area contributed by atoms with E-state index in [0.717, 1.165) is 25.1 Å². The molecule has 0 fully saturated rings. The predicted molar refractivity (Wildman–Crippen MR) is 83.4 cm³/mol. The number of hydrogen-bond donors (Lipinski definition) is 2. The van der Waals surface area contributed by atoms with E-state index >= 15 is 0 Å². The van der Waals surface area contributed by atoms with E-state index in [9.17, 15) is 5.11 Å². The molecule has 0 saturated carbocycles. The molecule has 1 aliphatic rings. The molecule has 0 bridgehead atoms. The first-order chi connectivity index (χ1) is 10.3. The van der Waals surface area contributed by atoms with Crippen molar-refractivity contribution in [3.8, 4) is 5.75 Å². The number of fused-ring (bicyclic) bond motifs is 1. The number of benzene rings is 2. The molecule has 1 atom stereocenters. The second-order valence-corrected chi connectivity index (χ2v) is 5.60. The molecule has 110 valence electrons. The van der Waals surface area contributed by atoms with Crippen LogP contribution < -0.4 is 10.1 Å². The van der Waals surface area contributed by atoms with Gasteiger partial charge >= 0.3 is 0 Å². The van der Waals surface area contributed by atoms with Crippen molar-refractivity contribution in [1.82, 2.24) is 5.32 Å². The predicted octanol–water partition coefficient (Wildman–Crippen LogP) is 2.62. The SMILES string of the molecule is COc1ccc2c(c1)C(CO)(NCc1ccccc1)CC2. The zero-order chi connectivity index (χ0) is 14.7. The third-order valence-electron chi connectivity index (χ3n) is 4.40. The van der Waals surface area contributed by atoms with Crippen LogP contribution in [0.1, 0.15) is 23.1 Å². The first-order valence-corrected chi connectivity index (χ1v) is 7.35. The highest BCUT2D eigenvalue weighted by atomic mass is 16.5. The van der Waals surface area contributed by atoms with Gasteiger partial charge in [0.1, 0.15) is 5.75 Å². The lowest BCUT2D eigenvalue weighted by atomic mass is 9.92. The van der Waals surface area contributed by atoms with Crippen LogP contribution in [0.15, 0.2) is 48.5 Å². The molecule has 1 aliphatic carbocycles. The quantitative estimate of drug-likeness (QED) is 0.886. The van der Waals surface area contributed by atoms with Gasteiger partial charge in [0.15, 0.2) is 0 Å². The van der Waals surface area contributed by atoms with Crippen LogP contribution in [0.25, 0.3) is 0 Å². The van der Waals surface area contributed by atoms with Crippen molar-refractivity contribution in [2.24, 2.45) is 0 Å². The maximum Gasteiger partial charge on any atom is 0.119 e. The smallest absolute Gasteiger partial charge is 0.119 e. The van der Waals surface area contributed by atoms with E-state index in [2.05, 4.69) is 29.6 Å². The van der Waals surface area contributed by atoms with Crippen molar-refractivity contribution < 1.29 is 9.84 Å². The minimum absolute atomic E-state index is 0.0972. The highest BCUT2D eigenvalue weighted by Gasteiger charge is 2.38. The Bertz CT molecular complexity index is 612. The molecule has 2 aromatic carbocycles. The van der Waals surface area contributed by atoms with Gasteiger partial charge in [-0.1, -0.05) is 36.4 Å². The first kappa shape index (κ1) is 14.1. The third kappa shape index (κ3) is 2.67. The lowest BCUT2D eigenvalue weighted by Crippen LogP contribution is -2.43. The number of methoxy groups -OCH3 is 1. The molecule has 0 heterocycles. The van der Waals surface area contributed by atoms with Crippen LogP contribution in [-0.4, -0.2) is 18.8 Å². The minimum Gasteiger partial charge on any atom is -0.497 e. The number of aliphatic hydroxyl groups excluding tert-OH is 1. The molecule has 0 aliphatic heterocycles. The monoisotopic (exact) mass is 283 g/mol. The molecule has 0 amide bonds. The zero-order valence-corrected chi connectivity index (χ0v) is 12.3. The molecular weight excluding hydrogens is 262 g/mol. The second kappa shape index (κ2) is 5.88. The fourth-order valence-electron chi connectivity index (χ4n) is 3.10. The van der Waals surface area contributed by atoms with Crippen LogP contribution in [0.2, 0.25) is 0 Å². The van der Waals surface area contributed by atoms with Gasteiger partial charge in [-0.3, -0.25) is 0 Å². The lowest BCUT2D eigenvalue weighted by molar-refractivity contribution is 0.158. The van der Waals surface area contributed by atoms with Crippen molar-refractivity contribution in [2.75, 3.05) is 13.7 Å². The van der Waals surface area contributed by atoms with E-state index in [-0.39, 0.29) is 12.1 Å². The molecule has 0 spiro atoms. The van der Waals surface area contributed by atoms with Crippen molar-refractivity contribution in [3.05, 3.63) is 65.2 Å². The summed E-state index contributed by atoms with van der Waals surface area (Å²) in [5.74, 6) is 0.843. The van der Waals surface area contributed by atoms with Crippen molar-refractivity contribution in [3.63, 3.8) is 0 Å². The molecular formula is C18H21NO2. The summed E-state index contributed by atoms with van der Waals surface area (Å²) in [6, 6.07) is 16.4. The fourth-order valence-corrected chi connectivity index (χ4v) is 3.10. The van der Waals surface area contributed by atoms with Gasteiger partial charge in [-0.15, -0.1) is 0 Å². The minimum atomic E-state index is -0.361. The lowest BCUT2D eigenvalue weighted by Gasteiger charge is -2.30. The van der Waals surface area contributed by atoms with Crippen LogP contribution >= 0.6 is 0 Å². The van der Waals surface area contributed by atoms with Crippen LogP contribution in [0, 0.1) is 0 Å². The average molecular weight is 283 g/mol. The standard InChI is InChI=1S/C18H21NO2/c1-21-16-8-7-15-9-10-18(13-20,17(15)11-16)19-12-14-5-3-2-4-6-14/h2-8,11,19-20H,9-10,12-13H2,1H3. The first-order valence-electron chi connectivity index (χ1n) is 7.35. The van der Waals surface area contributed by atoms with E-state index in [1.54, 1.807) is 7.11 Å². The van der Waals surface area contributed by atoms with E-state index in [0.29, 0.717) is 0 Å². The van der Waals surface area contributed by atoms with Gasteiger partial charge in [0, 0.05) is 6.54 Å². The van der Waals surface area contributed by atoms with Gasteiger partial charge < -0.3 is 15.2 Å². The number of aryl methyl sites for hydroxylation is 1. The van der Waals surface area contributed by atoms with Gasteiger partial charge in [-0.05, 0) is 41.7 Å². The maximum atomic E-state index is 10.0. The Morgan fingerprint density at radius 3 is 2.71 bits per heavy atom. The van der Waals surface area contributed by atoms with Gasteiger partial charge in [0.2, 0.25) is 0 Å². The van der Waals surface area contributed by atoms with E-state index in [1.165, 1.54) is 16.7 Å². The van der Waals surface area contributed by atoms with Gasteiger partial charge in [-0.2, -0.15) is 0 Å². The number of hydrogen-bond acceptors (Lipinski definition) is 3. The molecule has 3 nitrogen and oxygen atoms in total. The summed E-state index contributed by atoms with van der Waals surface area (Å²) in [5, 5.41) is 13.6. The third-order valence-corrected chi connectivity index (χ3v) is 4.40. The van der Waals surface area contributed by atoms with Gasteiger partial charge in [0.05, 0.1) is 19.3 Å². The van der Waals surface area contributed by atoms with E-state index in [4.69, 9.17) is 4.74 Å². The Morgan fingerprint density at radius 1 is 1.19 bits per heavy atom. The molecule has 0 aromatic heterocycles. The maximum absolute atomic E-state index is 10.0. The van der Waals surface area contributed by atoms with E-state index in [1.807, 2.05) is 24.3 Å². The number of aliphatic hydroxyl groups is 1. The summed E-state index contributed by atoms with van der Waals surface area (Å²) in [4.78, 5) is 0. The molecule has 2 N–H and O–H groups in total. The average Bonchev–Trinajstić information content (AvgIpc) is 2.92. The number of nitrogens with one attached hydrogen (secondary N) is 1. The molecule has 21 heavy (non-hydrogen) atoms. The summed E-state index contributed by atoms with van der Waals surface area (Å²) in [6.45, 7) is 0.845. The van der Waals surface area contributed by atoms with Crippen LogP contribution in [0.4, 0.5) is 0 Å². The molecule has 2 aromatic rings. The van der Waals surface area contributed by atoms with Crippen LogP contribution in [-0.2, 0) is 18.5 Å². The van der Waals surface area contributed by atoms with Crippen LogP contribution in [0.5, 0.6) is 5.75 Å². The summed E-state index contributed by atoms with van der Waals surface area (Å²) in [6.07, 6.45) is 1.90. The summed E-state index contributed by atoms with van der Waals surface area (Å²) in [5.41, 5.74) is 3.33.